The average Bonchev–Trinajstić information content (AvgIpc) is 2.40. The van der Waals surface area contributed by atoms with Crippen LogP contribution in [0.1, 0.15) is 29.6 Å². The van der Waals surface area contributed by atoms with Gasteiger partial charge in [0, 0.05) is 18.1 Å². The Hall–Kier alpha value is -1.30. The summed E-state index contributed by atoms with van der Waals surface area (Å²) in [7, 11) is 0. The topological polar surface area (TPSA) is 67.8 Å². The number of benzene rings is 1. The molecule has 1 fully saturated rings. The Morgan fingerprint density at radius 3 is 3.06 bits per heavy atom. The maximum absolute atomic E-state index is 11.8. The number of phenols is 1. The van der Waals surface area contributed by atoms with Crippen molar-refractivity contribution >= 4 is 17.5 Å². The van der Waals surface area contributed by atoms with E-state index in [-0.39, 0.29) is 11.3 Å². The predicted molar refractivity (Wildman–Crippen MR) is 65.3 cm³/mol. The van der Waals surface area contributed by atoms with Crippen LogP contribution in [0.2, 0.25) is 5.02 Å². The number of halogens is 1. The standard InChI is InChI=1S/C12H14ClNO4/c13-8-4-5-10(15)9(7-8)12(16)14-18-11-3-1-2-6-17-11/h4-5,7,11,15H,1-3,6H2,(H,14,16)/t11-/m1/s1. The zero-order chi connectivity index (χ0) is 13.0. The lowest BCUT2D eigenvalue weighted by atomic mass is 10.2. The van der Waals surface area contributed by atoms with Gasteiger partial charge in [0.25, 0.3) is 5.91 Å². The van der Waals surface area contributed by atoms with Crippen LogP contribution in [-0.4, -0.2) is 23.9 Å². The van der Waals surface area contributed by atoms with Gasteiger partial charge in [-0.2, -0.15) is 0 Å². The quantitative estimate of drug-likeness (QED) is 0.828. The van der Waals surface area contributed by atoms with Crippen LogP contribution < -0.4 is 5.48 Å². The molecule has 0 saturated carbocycles. The van der Waals surface area contributed by atoms with E-state index in [4.69, 9.17) is 21.2 Å². The van der Waals surface area contributed by atoms with Gasteiger partial charge in [-0.15, -0.1) is 0 Å². The van der Waals surface area contributed by atoms with E-state index in [1.54, 1.807) is 0 Å². The van der Waals surface area contributed by atoms with Crippen LogP contribution in [0.5, 0.6) is 5.75 Å². The Labute approximate surface area is 110 Å². The van der Waals surface area contributed by atoms with Crippen molar-refractivity contribution in [2.45, 2.75) is 25.6 Å². The summed E-state index contributed by atoms with van der Waals surface area (Å²) in [6, 6.07) is 4.23. The van der Waals surface area contributed by atoms with Crippen LogP contribution in [0.3, 0.4) is 0 Å². The van der Waals surface area contributed by atoms with Crippen LogP contribution in [0.4, 0.5) is 0 Å². The first-order valence-electron chi connectivity index (χ1n) is 5.73. The van der Waals surface area contributed by atoms with Crippen molar-refractivity contribution in [3.05, 3.63) is 28.8 Å². The Bertz CT molecular complexity index is 432. The summed E-state index contributed by atoms with van der Waals surface area (Å²) in [6.07, 6.45) is 2.32. The van der Waals surface area contributed by atoms with E-state index in [2.05, 4.69) is 5.48 Å². The maximum Gasteiger partial charge on any atom is 0.278 e. The molecule has 1 atom stereocenters. The largest absolute Gasteiger partial charge is 0.507 e. The molecule has 1 heterocycles. The first-order valence-corrected chi connectivity index (χ1v) is 6.11. The van der Waals surface area contributed by atoms with Gasteiger partial charge in [0.2, 0.25) is 0 Å². The number of amides is 1. The molecule has 1 aromatic rings. The van der Waals surface area contributed by atoms with Crippen molar-refractivity contribution < 1.29 is 19.5 Å². The van der Waals surface area contributed by atoms with E-state index in [1.165, 1.54) is 18.2 Å². The van der Waals surface area contributed by atoms with E-state index in [0.717, 1.165) is 19.3 Å². The number of hydrogen-bond acceptors (Lipinski definition) is 4. The summed E-state index contributed by atoms with van der Waals surface area (Å²) >= 11 is 5.75. The zero-order valence-electron chi connectivity index (χ0n) is 9.69. The minimum atomic E-state index is -0.552. The molecular formula is C12H14ClNO4. The Kier molecular flexibility index (Phi) is 4.41. The summed E-state index contributed by atoms with van der Waals surface area (Å²) < 4.78 is 5.29. The number of hydrogen-bond donors (Lipinski definition) is 2. The molecule has 0 bridgehead atoms. The van der Waals surface area contributed by atoms with E-state index < -0.39 is 12.2 Å². The predicted octanol–water partition coefficient (Wildman–Crippen LogP) is 2.23. The molecular weight excluding hydrogens is 258 g/mol. The molecule has 1 amide bonds. The third-order valence-electron chi connectivity index (χ3n) is 2.62. The monoisotopic (exact) mass is 271 g/mol. The van der Waals surface area contributed by atoms with Crippen LogP contribution in [0.25, 0.3) is 0 Å². The van der Waals surface area contributed by atoms with Crippen LogP contribution >= 0.6 is 11.6 Å². The molecule has 6 heteroatoms. The molecule has 2 rings (SSSR count). The van der Waals surface area contributed by atoms with Crippen molar-refractivity contribution in [3.8, 4) is 5.75 Å². The first kappa shape index (κ1) is 13.1. The fourth-order valence-corrected chi connectivity index (χ4v) is 1.84. The molecule has 5 nitrogen and oxygen atoms in total. The molecule has 1 aromatic carbocycles. The van der Waals surface area contributed by atoms with E-state index in [0.29, 0.717) is 11.6 Å². The molecule has 0 aromatic heterocycles. The lowest BCUT2D eigenvalue weighted by Gasteiger charge is -2.22. The maximum atomic E-state index is 11.8. The highest BCUT2D eigenvalue weighted by Crippen LogP contribution is 2.21. The van der Waals surface area contributed by atoms with Gasteiger partial charge < -0.3 is 9.84 Å². The number of phenolic OH excluding ortho intramolecular Hbond substituents is 1. The minimum absolute atomic E-state index is 0.0679. The van der Waals surface area contributed by atoms with Gasteiger partial charge in [-0.3, -0.25) is 4.79 Å². The van der Waals surface area contributed by atoms with Gasteiger partial charge in [-0.05, 0) is 31.0 Å². The van der Waals surface area contributed by atoms with Gasteiger partial charge in [0.1, 0.15) is 5.75 Å². The van der Waals surface area contributed by atoms with E-state index >= 15 is 0 Å². The van der Waals surface area contributed by atoms with E-state index in [1.807, 2.05) is 0 Å². The number of aromatic hydroxyl groups is 1. The summed E-state index contributed by atoms with van der Waals surface area (Å²) in [4.78, 5) is 16.9. The SMILES string of the molecule is O=C(NO[C@@H]1CCCCO1)c1cc(Cl)ccc1O. The third kappa shape index (κ3) is 3.35. The number of rotatable bonds is 3. The Morgan fingerprint density at radius 2 is 2.33 bits per heavy atom. The fraction of sp³-hybridized carbons (Fsp3) is 0.417. The normalized spacial score (nSPS) is 19.5. The molecule has 0 aliphatic carbocycles. The highest BCUT2D eigenvalue weighted by molar-refractivity contribution is 6.31. The van der Waals surface area contributed by atoms with Crippen molar-refractivity contribution in [3.63, 3.8) is 0 Å². The number of carbonyl (C=O) groups is 1. The second-order valence-corrected chi connectivity index (χ2v) is 4.44. The molecule has 0 radical (unpaired) electrons. The van der Waals surface area contributed by atoms with Crippen LogP contribution in [0, 0.1) is 0 Å². The highest BCUT2D eigenvalue weighted by atomic mass is 35.5. The zero-order valence-corrected chi connectivity index (χ0v) is 10.4. The number of carbonyl (C=O) groups excluding carboxylic acids is 1. The first-order chi connectivity index (χ1) is 8.66. The lowest BCUT2D eigenvalue weighted by Crippen LogP contribution is -2.33. The van der Waals surface area contributed by atoms with Gasteiger partial charge in [-0.25, -0.2) is 10.3 Å². The molecule has 1 aliphatic heterocycles. The second-order valence-electron chi connectivity index (χ2n) is 4.01. The summed E-state index contributed by atoms with van der Waals surface area (Å²) in [5, 5.41) is 9.90. The van der Waals surface area contributed by atoms with Crippen molar-refractivity contribution in [2.24, 2.45) is 0 Å². The summed E-state index contributed by atoms with van der Waals surface area (Å²) in [5.74, 6) is -0.700. The highest BCUT2D eigenvalue weighted by Gasteiger charge is 2.17. The van der Waals surface area contributed by atoms with Gasteiger partial charge in [0.15, 0.2) is 6.29 Å². The number of nitrogens with one attached hydrogen (secondary N) is 1. The molecule has 1 saturated heterocycles. The van der Waals surface area contributed by atoms with Crippen LogP contribution in [0.15, 0.2) is 18.2 Å². The number of hydroxylamine groups is 1. The molecule has 0 spiro atoms. The molecule has 0 unspecified atom stereocenters. The second kappa shape index (κ2) is 6.04. The average molecular weight is 272 g/mol. The molecule has 2 N–H and O–H groups in total. The Morgan fingerprint density at radius 1 is 1.50 bits per heavy atom. The fourth-order valence-electron chi connectivity index (χ4n) is 1.67. The van der Waals surface area contributed by atoms with Gasteiger partial charge in [0.05, 0.1) is 5.56 Å². The smallest absolute Gasteiger partial charge is 0.278 e. The van der Waals surface area contributed by atoms with Crippen LogP contribution in [-0.2, 0) is 9.57 Å². The summed E-state index contributed by atoms with van der Waals surface area (Å²) in [5.41, 5.74) is 2.32. The van der Waals surface area contributed by atoms with Crippen molar-refractivity contribution in [1.82, 2.24) is 5.48 Å². The van der Waals surface area contributed by atoms with E-state index in [9.17, 15) is 9.90 Å². The summed E-state index contributed by atoms with van der Waals surface area (Å²) in [6.45, 7) is 0.628. The molecule has 18 heavy (non-hydrogen) atoms. The third-order valence-corrected chi connectivity index (χ3v) is 2.86. The van der Waals surface area contributed by atoms with Gasteiger partial charge >= 0.3 is 0 Å². The molecule has 1 aliphatic rings. The lowest BCUT2D eigenvalue weighted by molar-refractivity contribution is -0.186. The van der Waals surface area contributed by atoms with Gasteiger partial charge in [-0.1, -0.05) is 11.6 Å². The molecule has 98 valence electrons. The van der Waals surface area contributed by atoms with Crippen molar-refractivity contribution in [1.29, 1.82) is 0 Å². The Balaban J connectivity index is 1.92. The minimum Gasteiger partial charge on any atom is -0.507 e. The number of ether oxygens (including phenoxy) is 1. The van der Waals surface area contributed by atoms with Crippen molar-refractivity contribution in [2.75, 3.05) is 6.61 Å².